The van der Waals surface area contributed by atoms with Crippen LogP contribution in [0.2, 0.25) is 0 Å². The maximum absolute atomic E-state index is 12.7. The fourth-order valence-corrected chi connectivity index (χ4v) is 3.18. The Kier molecular flexibility index (Phi) is 5.77. The van der Waals surface area contributed by atoms with Gasteiger partial charge in [0.15, 0.2) is 11.5 Å². The van der Waals surface area contributed by atoms with E-state index in [0.29, 0.717) is 0 Å². The molecule has 0 heterocycles. The number of halogens is 3. The van der Waals surface area contributed by atoms with Crippen LogP contribution in [-0.4, -0.2) is 15.0 Å². The summed E-state index contributed by atoms with van der Waals surface area (Å²) in [5, 5.41) is 8.88. The molecular formula is C17H14F3NO4S. The molecule has 0 aliphatic rings. The van der Waals surface area contributed by atoms with Crippen molar-refractivity contribution in [3.05, 3.63) is 59.2 Å². The number of hydrogen-bond acceptors (Lipinski definition) is 5. The summed E-state index contributed by atoms with van der Waals surface area (Å²) in [6.45, 7) is 1.87. The number of nitrogens with zero attached hydrogens (tertiary/aromatic N) is 1. The third-order valence-corrected chi connectivity index (χ3v) is 4.31. The Balaban J connectivity index is 2.26. The lowest BCUT2D eigenvalue weighted by atomic mass is 10.1. The van der Waals surface area contributed by atoms with Crippen molar-refractivity contribution in [2.75, 3.05) is 6.61 Å². The van der Waals surface area contributed by atoms with Crippen molar-refractivity contribution in [1.82, 2.24) is 0 Å². The minimum atomic E-state index is -4.57. The van der Waals surface area contributed by atoms with E-state index >= 15 is 0 Å². The third-order valence-electron chi connectivity index (χ3n) is 3.19. The van der Waals surface area contributed by atoms with Gasteiger partial charge in [-0.05, 0) is 30.7 Å². The second kappa shape index (κ2) is 7.66. The van der Waals surface area contributed by atoms with Crippen molar-refractivity contribution in [3.63, 3.8) is 0 Å². The Morgan fingerprint density at radius 1 is 1.12 bits per heavy atom. The van der Waals surface area contributed by atoms with Gasteiger partial charge < -0.3 is 8.92 Å². The second-order valence-corrected chi connectivity index (χ2v) is 6.76. The van der Waals surface area contributed by atoms with Gasteiger partial charge in [0.25, 0.3) is 0 Å². The molecule has 0 amide bonds. The fourth-order valence-electron chi connectivity index (χ4n) is 2.12. The molecule has 0 unspecified atom stereocenters. The van der Waals surface area contributed by atoms with Gasteiger partial charge in [-0.1, -0.05) is 18.2 Å². The number of nitriles is 1. The number of hydrogen-bond donors (Lipinski definition) is 0. The molecule has 9 heteroatoms. The summed E-state index contributed by atoms with van der Waals surface area (Å²) < 4.78 is 72.9. The highest BCUT2D eigenvalue weighted by atomic mass is 32.2. The van der Waals surface area contributed by atoms with E-state index in [-0.39, 0.29) is 29.2 Å². The van der Waals surface area contributed by atoms with E-state index in [1.54, 1.807) is 6.92 Å². The molecule has 0 fully saturated rings. The van der Waals surface area contributed by atoms with Crippen molar-refractivity contribution in [3.8, 4) is 17.6 Å². The summed E-state index contributed by atoms with van der Waals surface area (Å²) in [5.74, 6) is -0.834. The Morgan fingerprint density at radius 3 is 2.46 bits per heavy atom. The van der Waals surface area contributed by atoms with Crippen LogP contribution in [0.15, 0.2) is 42.5 Å². The Bertz CT molecular complexity index is 934. The van der Waals surface area contributed by atoms with E-state index in [2.05, 4.69) is 0 Å². The maximum Gasteiger partial charge on any atom is 0.416 e. The Hall–Kier alpha value is -2.73. The summed E-state index contributed by atoms with van der Waals surface area (Å²) in [6, 6.07) is 9.80. The quantitative estimate of drug-likeness (QED) is 0.705. The SMILES string of the molecule is CCOc1cc(C#N)ccc1OS(=O)(=O)Cc1cccc(C(F)(F)F)c1. The first-order chi connectivity index (χ1) is 12.1. The minimum absolute atomic E-state index is 0.0548. The van der Waals surface area contributed by atoms with Crippen LogP contribution in [0.1, 0.15) is 23.6 Å². The summed E-state index contributed by atoms with van der Waals surface area (Å²) in [5.41, 5.74) is -0.763. The predicted octanol–water partition coefficient (Wildman–Crippen LogP) is 3.88. The summed E-state index contributed by atoms with van der Waals surface area (Å²) in [4.78, 5) is 0. The Labute approximate surface area is 148 Å². The van der Waals surface area contributed by atoms with Crippen molar-refractivity contribution in [2.24, 2.45) is 0 Å². The lowest BCUT2D eigenvalue weighted by Crippen LogP contribution is -2.14. The summed E-state index contributed by atoms with van der Waals surface area (Å²) >= 11 is 0. The molecule has 0 radical (unpaired) electrons. The van der Waals surface area contributed by atoms with Crippen LogP contribution in [-0.2, 0) is 22.0 Å². The first-order valence-electron chi connectivity index (χ1n) is 7.40. The van der Waals surface area contributed by atoms with Crippen molar-refractivity contribution < 1.29 is 30.5 Å². The largest absolute Gasteiger partial charge is 0.490 e. The first-order valence-corrected chi connectivity index (χ1v) is 8.97. The highest BCUT2D eigenvalue weighted by Gasteiger charge is 2.31. The van der Waals surface area contributed by atoms with Gasteiger partial charge in [0.2, 0.25) is 0 Å². The average Bonchev–Trinajstić information content (AvgIpc) is 2.55. The number of benzene rings is 2. The summed E-state index contributed by atoms with van der Waals surface area (Å²) in [7, 11) is -4.24. The third kappa shape index (κ3) is 5.13. The fraction of sp³-hybridized carbons (Fsp3) is 0.235. The molecule has 0 atom stereocenters. The van der Waals surface area contributed by atoms with Crippen molar-refractivity contribution in [2.45, 2.75) is 18.9 Å². The zero-order valence-electron chi connectivity index (χ0n) is 13.6. The molecule has 0 saturated heterocycles. The van der Waals surface area contributed by atoms with Crippen LogP contribution in [0.3, 0.4) is 0 Å². The molecule has 2 aromatic rings. The van der Waals surface area contributed by atoms with E-state index in [9.17, 15) is 21.6 Å². The molecule has 26 heavy (non-hydrogen) atoms. The molecule has 138 valence electrons. The number of ether oxygens (including phenoxy) is 1. The molecule has 2 rings (SSSR count). The van der Waals surface area contributed by atoms with Gasteiger partial charge in [-0.15, -0.1) is 0 Å². The van der Waals surface area contributed by atoms with E-state index in [1.807, 2.05) is 6.07 Å². The monoisotopic (exact) mass is 385 g/mol. The van der Waals surface area contributed by atoms with Gasteiger partial charge >= 0.3 is 16.3 Å². The van der Waals surface area contributed by atoms with Crippen molar-refractivity contribution in [1.29, 1.82) is 5.26 Å². The molecule has 0 bridgehead atoms. The highest BCUT2D eigenvalue weighted by Crippen LogP contribution is 2.32. The lowest BCUT2D eigenvalue weighted by Gasteiger charge is -2.13. The highest BCUT2D eigenvalue weighted by molar-refractivity contribution is 7.86. The van der Waals surface area contributed by atoms with Crippen LogP contribution < -0.4 is 8.92 Å². The Morgan fingerprint density at radius 2 is 1.85 bits per heavy atom. The topological polar surface area (TPSA) is 76.4 Å². The van der Waals surface area contributed by atoms with E-state index in [1.165, 1.54) is 24.3 Å². The van der Waals surface area contributed by atoms with Gasteiger partial charge in [0.1, 0.15) is 5.75 Å². The molecule has 0 spiro atoms. The zero-order chi connectivity index (χ0) is 19.4. The standard InChI is InChI=1S/C17H14F3NO4S/c1-2-24-16-9-12(10-21)6-7-15(16)25-26(22,23)11-13-4-3-5-14(8-13)17(18,19)20/h3-9H,2,11H2,1H3. The molecule has 5 nitrogen and oxygen atoms in total. The van der Waals surface area contributed by atoms with Gasteiger partial charge in [-0.3, -0.25) is 0 Å². The lowest BCUT2D eigenvalue weighted by molar-refractivity contribution is -0.137. The molecule has 0 saturated carbocycles. The molecule has 0 aliphatic carbocycles. The van der Waals surface area contributed by atoms with Crippen LogP contribution >= 0.6 is 0 Å². The normalized spacial score (nSPS) is 11.7. The molecule has 0 aliphatic heterocycles. The number of rotatable bonds is 6. The second-order valence-electron chi connectivity index (χ2n) is 5.19. The average molecular weight is 385 g/mol. The smallest absolute Gasteiger partial charge is 0.416 e. The van der Waals surface area contributed by atoms with Gasteiger partial charge in [-0.2, -0.15) is 26.9 Å². The molecule has 0 N–H and O–H groups in total. The predicted molar refractivity (Wildman–Crippen MR) is 87.0 cm³/mol. The first kappa shape index (κ1) is 19.6. The van der Waals surface area contributed by atoms with Gasteiger partial charge in [0, 0.05) is 6.07 Å². The van der Waals surface area contributed by atoms with Crippen LogP contribution in [0.4, 0.5) is 13.2 Å². The number of alkyl halides is 3. The molecular weight excluding hydrogens is 371 g/mol. The van der Waals surface area contributed by atoms with Crippen LogP contribution in [0, 0.1) is 11.3 Å². The van der Waals surface area contributed by atoms with E-state index in [0.717, 1.165) is 18.2 Å². The molecule has 0 aromatic heterocycles. The zero-order valence-corrected chi connectivity index (χ0v) is 14.4. The summed E-state index contributed by atoms with van der Waals surface area (Å²) in [6.07, 6.45) is -4.57. The van der Waals surface area contributed by atoms with Crippen molar-refractivity contribution >= 4 is 10.1 Å². The van der Waals surface area contributed by atoms with Gasteiger partial charge in [0.05, 0.1) is 23.8 Å². The minimum Gasteiger partial charge on any atom is -0.490 e. The van der Waals surface area contributed by atoms with Crippen LogP contribution in [0.5, 0.6) is 11.5 Å². The van der Waals surface area contributed by atoms with Gasteiger partial charge in [-0.25, -0.2) is 0 Å². The maximum atomic E-state index is 12.7. The van der Waals surface area contributed by atoms with Crippen LogP contribution in [0.25, 0.3) is 0 Å². The van der Waals surface area contributed by atoms with E-state index < -0.39 is 27.6 Å². The molecule has 2 aromatic carbocycles. The van der Waals surface area contributed by atoms with E-state index in [4.69, 9.17) is 14.2 Å².